The first-order valence-electron chi connectivity index (χ1n) is 11.2. The topological polar surface area (TPSA) is 67.8 Å². The highest BCUT2D eigenvalue weighted by molar-refractivity contribution is 5.80. The van der Waals surface area contributed by atoms with Crippen LogP contribution in [0, 0.1) is 17.3 Å². The van der Waals surface area contributed by atoms with Gasteiger partial charge < -0.3 is 20.1 Å². The smallest absolute Gasteiger partial charge is 0.213 e. The third kappa shape index (κ3) is 4.37. The van der Waals surface area contributed by atoms with Crippen LogP contribution < -0.4 is 15.4 Å². The van der Waals surface area contributed by atoms with E-state index >= 15 is 0 Å². The van der Waals surface area contributed by atoms with Crippen LogP contribution in [0.2, 0.25) is 0 Å². The average Bonchev–Trinajstić information content (AvgIpc) is 3.17. The van der Waals surface area contributed by atoms with Crippen molar-refractivity contribution in [2.75, 3.05) is 13.7 Å². The Kier molecular flexibility index (Phi) is 6.00. The first-order valence-corrected chi connectivity index (χ1v) is 11.2. The summed E-state index contributed by atoms with van der Waals surface area (Å²) in [6, 6.07) is 4.47. The van der Waals surface area contributed by atoms with Gasteiger partial charge in [0.2, 0.25) is 5.88 Å². The highest BCUT2D eigenvalue weighted by Gasteiger charge is 2.59. The van der Waals surface area contributed by atoms with Gasteiger partial charge >= 0.3 is 0 Å². The van der Waals surface area contributed by atoms with Crippen LogP contribution in [0.3, 0.4) is 0 Å². The highest BCUT2D eigenvalue weighted by Crippen LogP contribution is 2.52. The van der Waals surface area contributed by atoms with E-state index < -0.39 is 0 Å². The van der Waals surface area contributed by atoms with Crippen LogP contribution in [-0.4, -0.2) is 42.8 Å². The fraction of sp³-hybridized carbons (Fsp3) is 0.739. The predicted molar refractivity (Wildman–Crippen MR) is 115 cm³/mol. The number of pyridine rings is 1. The van der Waals surface area contributed by atoms with E-state index in [2.05, 4.69) is 41.4 Å². The van der Waals surface area contributed by atoms with Gasteiger partial charge in [-0.05, 0) is 49.7 Å². The standard InChI is InChI=1S/C23H36N4O2/c1-15-5-7-17(8-6-15)29-19-13-16(9-11-25-19)14-26-22(24-4)27-20-18-10-12-28-21(18)23(20,2)3/h9,11,13,15,17-18,20-21H,5-8,10,12,14H2,1-4H3,(H2,24,26,27). The molecule has 29 heavy (non-hydrogen) atoms. The lowest BCUT2D eigenvalue weighted by Gasteiger charge is -2.54. The molecule has 3 unspecified atom stereocenters. The van der Waals surface area contributed by atoms with E-state index in [0.29, 0.717) is 30.7 Å². The molecule has 2 aliphatic carbocycles. The Balaban J connectivity index is 1.30. The van der Waals surface area contributed by atoms with Crippen molar-refractivity contribution in [2.24, 2.45) is 22.2 Å². The summed E-state index contributed by atoms with van der Waals surface area (Å²) >= 11 is 0. The molecule has 160 valence electrons. The Morgan fingerprint density at radius 2 is 2.07 bits per heavy atom. The second-order valence-corrected chi connectivity index (χ2v) is 9.62. The van der Waals surface area contributed by atoms with Gasteiger partial charge in [-0.1, -0.05) is 20.8 Å². The Labute approximate surface area is 174 Å². The molecule has 0 radical (unpaired) electrons. The number of hydrogen-bond acceptors (Lipinski definition) is 4. The number of aromatic nitrogens is 1. The lowest BCUT2D eigenvalue weighted by Crippen LogP contribution is -2.67. The summed E-state index contributed by atoms with van der Waals surface area (Å²) in [6.07, 6.45) is 8.41. The number of nitrogens with zero attached hydrogens (tertiary/aromatic N) is 2. The van der Waals surface area contributed by atoms with Crippen molar-refractivity contribution < 1.29 is 9.47 Å². The van der Waals surface area contributed by atoms with Crippen LogP contribution in [0.1, 0.15) is 58.4 Å². The molecule has 0 aromatic carbocycles. The third-order valence-electron chi connectivity index (χ3n) is 7.13. The van der Waals surface area contributed by atoms with Crippen LogP contribution in [0.25, 0.3) is 0 Å². The number of hydrogen-bond donors (Lipinski definition) is 2. The molecule has 3 aliphatic rings. The van der Waals surface area contributed by atoms with E-state index in [1.807, 2.05) is 25.4 Å². The van der Waals surface area contributed by atoms with Crippen LogP contribution in [0.5, 0.6) is 5.88 Å². The molecule has 6 nitrogen and oxygen atoms in total. The zero-order chi connectivity index (χ0) is 20.4. The molecular formula is C23H36N4O2. The van der Waals surface area contributed by atoms with Gasteiger partial charge in [0, 0.05) is 49.8 Å². The highest BCUT2D eigenvalue weighted by atomic mass is 16.5. The zero-order valence-electron chi connectivity index (χ0n) is 18.3. The molecule has 0 spiro atoms. The Morgan fingerprint density at radius 3 is 2.83 bits per heavy atom. The maximum atomic E-state index is 6.14. The summed E-state index contributed by atoms with van der Waals surface area (Å²) in [5.41, 5.74) is 1.28. The molecule has 1 saturated heterocycles. The van der Waals surface area contributed by atoms with Crippen LogP contribution in [-0.2, 0) is 11.3 Å². The molecule has 0 bridgehead atoms. The molecule has 2 N–H and O–H groups in total. The maximum absolute atomic E-state index is 6.14. The van der Waals surface area contributed by atoms with Crippen molar-refractivity contribution in [1.82, 2.24) is 15.6 Å². The first kappa shape index (κ1) is 20.5. The minimum Gasteiger partial charge on any atom is -0.474 e. The molecule has 3 atom stereocenters. The van der Waals surface area contributed by atoms with Crippen molar-refractivity contribution in [2.45, 2.75) is 77.7 Å². The fourth-order valence-corrected chi connectivity index (χ4v) is 5.29. The number of fused-ring (bicyclic) bond motifs is 1. The van der Waals surface area contributed by atoms with Gasteiger partial charge in [-0.3, -0.25) is 4.99 Å². The van der Waals surface area contributed by atoms with Crippen molar-refractivity contribution in [3.05, 3.63) is 23.9 Å². The van der Waals surface area contributed by atoms with Gasteiger partial charge in [0.25, 0.3) is 0 Å². The van der Waals surface area contributed by atoms with Crippen molar-refractivity contribution in [3.63, 3.8) is 0 Å². The lowest BCUT2D eigenvalue weighted by molar-refractivity contribution is -0.106. The predicted octanol–water partition coefficient (Wildman–Crippen LogP) is 3.52. The molecule has 1 aromatic rings. The molecule has 2 saturated carbocycles. The van der Waals surface area contributed by atoms with Gasteiger partial charge in [0.1, 0.15) is 6.10 Å². The average molecular weight is 401 g/mol. The largest absolute Gasteiger partial charge is 0.474 e. The number of nitrogens with one attached hydrogen (secondary N) is 2. The minimum absolute atomic E-state index is 0.133. The molecule has 6 heteroatoms. The quantitative estimate of drug-likeness (QED) is 0.585. The summed E-state index contributed by atoms with van der Waals surface area (Å²) in [4.78, 5) is 8.85. The van der Waals surface area contributed by atoms with E-state index in [1.165, 1.54) is 12.8 Å². The summed E-state index contributed by atoms with van der Waals surface area (Å²) in [5, 5.41) is 7.09. The SMILES string of the molecule is CN=C(NCc1ccnc(OC2CCC(C)CC2)c1)NC1C2CCOC2C1(C)C. The van der Waals surface area contributed by atoms with Crippen molar-refractivity contribution in [1.29, 1.82) is 0 Å². The number of ether oxygens (including phenoxy) is 2. The van der Waals surface area contributed by atoms with E-state index in [1.54, 1.807) is 0 Å². The molecule has 1 aliphatic heterocycles. The number of guanidine groups is 1. The monoisotopic (exact) mass is 400 g/mol. The van der Waals surface area contributed by atoms with E-state index in [9.17, 15) is 0 Å². The normalized spacial score (nSPS) is 33.5. The van der Waals surface area contributed by atoms with Crippen LogP contribution in [0.4, 0.5) is 0 Å². The molecular weight excluding hydrogens is 364 g/mol. The van der Waals surface area contributed by atoms with Gasteiger partial charge in [0.15, 0.2) is 5.96 Å². The molecule has 1 aromatic heterocycles. The second-order valence-electron chi connectivity index (χ2n) is 9.62. The zero-order valence-corrected chi connectivity index (χ0v) is 18.3. The summed E-state index contributed by atoms with van der Waals surface area (Å²) < 4.78 is 12.0. The Morgan fingerprint density at radius 1 is 1.28 bits per heavy atom. The molecule has 2 heterocycles. The number of rotatable bonds is 5. The summed E-state index contributed by atoms with van der Waals surface area (Å²) in [7, 11) is 1.83. The van der Waals surface area contributed by atoms with E-state index in [0.717, 1.165) is 49.2 Å². The van der Waals surface area contributed by atoms with Crippen molar-refractivity contribution >= 4 is 5.96 Å². The van der Waals surface area contributed by atoms with E-state index in [4.69, 9.17) is 9.47 Å². The minimum atomic E-state index is 0.133. The third-order valence-corrected chi connectivity index (χ3v) is 7.13. The fourth-order valence-electron chi connectivity index (χ4n) is 5.29. The maximum Gasteiger partial charge on any atom is 0.213 e. The van der Waals surface area contributed by atoms with Crippen LogP contribution in [0.15, 0.2) is 23.3 Å². The summed E-state index contributed by atoms with van der Waals surface area (Å²) in [5.74, 6) is 2.99. The first-order chi connectivity index (χ1) is 14.0. The number of aliphatic imine (C=N–C) groups is 1. The summed E-state index contributed by atoms with van der Waals surface area (Å²) in [6.45, 7) is 8.46. The Bertz CT molecular complexity index is 727. The molecule has 4 rings (SSSR count). The van der Waals surface area contributed by atoms with Crippen LogP contribution >= 0.6 is 0 Å². The lowest BCUT2D eigenvalue weighted by atomic mass is 9.57. The van der Waals surface area contributed by atoms with Gasteiger partial charge in [-0.15, -0.1) is 0 Å². The molecule has 0 amide bonds. The van der Waals surface area contributed by atoms with Gasteiger partial charge in [0.05, 0.1) is 6.10 Å². The van der Waals surface area contributed by atoms with E-state index in [-0.39, 0.29) is 5.41 Å². The Hall–Kier alpha value is -1.82. The second kappa shape index (κ2) is 8.50. The molecule has 3 fully saturated rings. The van der Waals surface area contributed by atoms with Gasteiger partial charge in [-0.25, -0.2) is 4.98 Å². The van der Waals surface area contributed by atoms with Gasteiger partial charge in [-0.2, -0.15) is 0 Å². The van der Waals surface area contributed by atoms with Crippen molar-refractivity contribution in [3.8, 4) is 5.88 Å².